The van der Waals surface area contributed by atoms with Crippen LogP contribution in [0.5, 0.6) is 11.5 Å². The second-order valence-electron chi connectivity index (χ2n) is 3.81. The zero-order valence-electron chi connectivity index (χ0n) is 9.52. The quantitative estimate of drug-likeness (QED) is 0.585. The fourth-order valence-electron chi connectivity index (χ4n) is 1.77. The molecule has 0 radical (unpaired) electrons. The molecule has 4 heteroatoms. The molecule has 2 aromatic carbocycles. The first-order valence-corrected chi connectivity index (χ1v) is 5.08. The van der Waals surface area contributed by atoms with E-state index in [0.29, 0.717) is 21.9 Å². The topological polar surface area (TPSA) is 66.8 Å². The lowest BCUT2D eigenvalue weighted by Crippen LogP contribution is -2.00. The molecular formula is C13H12O4. The molecule has 0 heterocycles. The van der Waals surface area contributed by atoms with Crippen LogP contribution in [0.25, 0.3) is 10.8 Å². The third-order valence-electron chi connectivity index (χ3n) is 2.70. The number of hydrogen-bond acceptors (Lipinski definition) is 4. The third-order valence-corrected chi connectivity index (χ3v) is 2.70. The second kappa shape index (κ2) is 3.97. The Morgan fingerprint density at radius 2 is 1.88 bits per heavy atom. The molecule has 2 aromatic rings. The van der Waals surface area contributed by atoms with E-state index in [-0.39, 0.29) is 11.5 Å². The minimum Gasteiger partial charge on any atom is -0.507 e. The number of rotatable bonds is 1. The highest BCUT2D eigenvalue weighted by Gasteiger charge is 2.12. The Kier molecular flexibility index (Phi) is 2.63. The van der Waals surface area contributed by atoms with Crippen LogP contribution in [0.2, 0.25) is 0 Å². The number of ether oxygens (including phenoxy) is 1. The van der Waals surface area contributed by atoms with Crippen LogP contribution in [0.15, 0.2) is 24.3 Å². The monoisotopic (exact) mass is 232 g/mol. The number of carbonyl (C=O) groups excluding carboxylic acids is 1. The Labute approximate surface area is 98.1 Å². The van der Waals surface area contributed by atoms with Gasteiger partial charge in [-0.15, -0.1) is 0 Å². The Hall–Kier alpha value is -2.23. The number of aromatic hydroxyl groups is 2. The lowest BCUT2D eigenvalue weighted by molar-refractivity contribution is 0.0601. The number of benzene rings is 2. The van der Waals surface area contributed by atoms with Gasteiger partial charge in [0.05, 0.1) is 12.7 Å². The van der Waals surface area contributed by atoms with Gasteiger partial charge in [-0.25, -0.2) is 4.79 Å². The van der Waals surface area contributed by atoms with Gasteiger partial charge in [0.25, 0.3) is 0 Å². The number of hydrogen-bond donors (Lipinski definition) is 2. The van der Waals surface area contributed by atoms with Gasteiger partial charge in [-0.1, -0.05) is 0 Å². The van der Waals surface area contributed by atoms with Gasteiger partial charge in [0.15, 0.2) is 0 Å². The molecule has 4 nitrogen and oxygen atoms in total. The van der Waals surface area contributed by atoms with Gasteiger partial charge in [-0.3, -0.25) is 0 Å². The molecule has 0 spiro atoms. The molecule has 0 saturated carbocycles. The van der Waals surface area contributed by atoms with Crippen LogP contribution in [0.1, 0.15) is 15.9 Å². The van der Waals surface area contributed by atoms with Gasteiger partial charge in [0.2, 0.25) is 0 Å². The maximum atomic E-state index is 11.4. The Morgan fingerprint density at radius 3 is 2.53 bits per heavy atom. The highest BCUT2D eigenvalue weighted by molar-refractivity contribution is 6.00. The molecule has 88 valence electrons. The SMILES string of the molecule is COC(=O)c1ccc2c(O)c(C)cc(O)c2c1. The van der Waals surface area contributed by atoms with Crippen molar-refractivity contribution in [1.82, 2.24) is 0 Å². The smallest absolute Gasteiger partial charge is 0.337 e. The number of aryl methyl sites for hydroxylation is 1. The van der Waals surface area contributed by atoms with Crippen LogP contribution in [0.4, 0.5) is 0 Å². The van der Waals surface area contributed by atoms with Gasteiger partial charge in [0.1, 0.15) is 11.5 Å². The fourth-order valence-corrected chi connectivity index (χ4v) is 1.77. The number of fused-ring (bicyclic) bond motifs is 1. The summed E-state index contributed by atoms with van der Waals surface area (Å²) in [7, 11) is 1.29. The summed E-state index contributed by atoms with van der Waals surface area (Å²) in [6.07, 6.45) is 0. The summed E-state index contributed by atoms with van der Waals surface area (Å²) in [4.78, 5) is 11.4. The Morgan fingerprint density at radius 1 is 1.18 bits per heavy atom. The second-order valence-corrected chi connectivity index (χ2v) is 3.81. The van der Waals surface area contributed by atoms with E-state index in [9.17, 15) is 15.0 Å². The number of carbonyl (C=O) groups is 1. The zero-order valence-corrected chi connectivity index (χ0v) is 9.52. The van der Waals surface area contributed by atoms with Crippen LogP contribution >= 0.6 is 0 Å². The molecule has 0 aliphatic rings. The molecule has 0 bridgehead atoms. The highest BCUT2D eigenvalue weighted by atomic mass is 16.5. The van der Waals surface area contributed by atoms with Crippen molar-refractivity contribution in [3.8, 4) is 11.5 Å². The number of phenolic OH excluding ortho intramolecular Hbond substituents is 2. The summed E-state index contributed by atoms with van der Waals surface area (Å²) >= 11 is 0. The van der Waals surface area contributed by atoms with Crippen molar-refractivity contribution in [2.75, 3.05) is 7.11 Å². The largest absolute Gasteiger partial charge is 0.507 e. The van der Waals surface area contributed by atoms with Gasteiger partial charge in [-0.05, 0) is 36.8 Å². The lowest BCUT2D eigenvalue weighted by atomic mass is 10.0. The third kappa shape index (κ3) is 1.78. The van der Waals surface area contributed by atoms with Gasteiger partial charge in [-0.2, -0.15) is 0 Å². The molecule has 0 fully saturated rings. The summed E-state index contributed by atoms with van der Waals surface area (Å²) in [5.74, 6) is -0.346. The standard InChI is InChI=1S/C13H12O4/c1-7-5-11(14)10-6-8(13(16)17-2)3-4-9(10)12(7)15/h3-6,14-15H,1-2H3. The predicted octanol–water partition coefficient (Wildman–Crippen LogP) is 2.35. The van der Waals surface area contributed by atoms with Crippen molar-refractivity contribution < 1.29 is 19.7 Å². The fraction of sp³-hybridized carbons (Fsp3) is 0.154. The van der Waals surface area contributed by atoms with E-state index in [4.69, 9.17) is 0 Å². The molecular weight excluding hydrogens is 220 g/mol. The van der Waals surface area contributed by atoms with Crippen LogP contribution in [-0.4, -0.2) is 23.3 Å². The van der Waals surface area contributed by atoms with Crippen molar-refractivity contribution in [3.63, 3.8) is 0 Å². The van der Waals surface area contributed by atoms with Gasteiger partial charge >= 0.3 is 5.97 Å². The van der Waals surface area contributed by atoms with Crippen LogP contribution < -0.4 is 0 Å². The molecule has 2 N–H and O–H groups in total. The average Bonchev–Trinajstić information content (AvgIpc) is 2.34. The average molecular weight is 232 g/mol. The number of methoxy groups -OCH3 is 1. The Bertz CT molecular complexity index is 602. The van der Waals surface area contributed by atoms with Crippen LogP contribution in [0.3, 0.4) is 0 Å². The highest BCUT2D eigenvalue weighted by Crippen LogP contribution is 2.35. The van der Waals surface area contributed by atoms with E-state index in [0.717, 1.165) is 0 Å². The lowest BCUT2D eigenvalue weighted by Gasteiger charge is -2.08. The van der Waals surface area contributed by atoms with Gasteiger partial charge in [0, 0.05) is 10.8 Å². The first kappa shape index (κ1) is 11.3. The van der Waals surface area contributed by atoms with E-state index in [1.165, 1.54) is 19.2 Å². The van der Waals surface area contributed by atoms with E-state index in [2.05, 4.69) is 4.74 Å². The van der Waals surface area contributed by atoms with Crippen molar-refractivity contribution in [1.29, 1.82) is 0 Å². The molecule has 0 unspecified atom stereocenters. The maximum Gasteiger partial charge on any atom is 0.337 e. The molecule has 2 rings (SSSR count). The van der Waals surface area contributed by atoms with Crippen molar-refractivity contribution in [3.05, 3.63) is 35.4 Å². The molecule has 17 heavy (non-hydrogen) atoms. The van der Waals surface area contributed by atoms with Crippen molar-refractivity contribution in [2.24, 2.45) is 0 Å². The van der Waals surface area contributed by atoms with Crippen LogP contribution in [0, 0.1) is 6.92 Å². The number of esters is 1. The molecule has 0 atom stereocenters. The summed E-state index contributed by atoms with van der Waals surface area (Å²) < 4.78 is 4.60. The molecule has 0 saturated heterocycles. The predicted molar refractivity (Wildman–Crippen MR) is 63.4 cm³/mol. The van der Waals surface area contributed by atoms with Gasteiger partial charge < -0.3 is 14.9 Å². The van der Waals surface area contributed by atoms with Crippen molar-refractivity contribution in [2.45, 2.75) is 6.92 Å². The zero-order chi connectivity index (χ0) is 12.6. The van der Waals surface area contributed by atoms with Crippen molar-refractivity contribution >= 4 is 16.7 Å². The van der Waals surface area contributed by atoms with E-state index < -0.39 is 5.97 Å². The normalized spacial score (nSPS) is 10.5. The minimum atomic E-state index is -0.480. The molecule has 0 amide bonds. The summed E-state index contributed by atoms with van der Waals surface area (Å²) in [6, 6.07) is 6.09. The van der Waals surface area contributed by atoms with Crippen LogP contribution in [-0.2, 0) is 4.74 Å². The maximum absolute atomic E-state index is 11.4. The summed E-state index contributed by atoms with van der Waals surface area (Å²) in [6.45, 7) is 1.70. The molecule has 0 aliphatic heterocycles. The van der Waals surface area contributed by atoms with E-state index >= 15 is 0 Å². The first-order chi connectivity index (χ1) is 8.04. The first-order valence-electron chi connectivity index (χ1n) is 5.08. The van der Waals surface area contributed by atoms with E-state index in [1.54, 1.807) is 19.1 Å². The minimum absolute atomic E-state index is 0.0288. The number of phenols is 2. The van der Waals surface area contributed by atoms with E-state index in [1.807, 2.05) is 0 Å². The summed E-state index contributed by atoms with van der Waals surface area (Å²) in [5, 5.41) is 20.6. The molecule has 0 aliphatic carbocycles. The summed E-state index contributed by atoms with van der Waals surface area (Å²) in [5.41, 5.74) is 0.916. The Balaban J connectivity index is 2.74. The molecule has 0 aromatic heterocycles.